The molecular weight excluding hydrogens is 284 g/mol. The minimum absolute atomic E-state index is 0.0595. The van der Waals surface area contributed by atoms with Crippen LogP contribution in [0.4, 0.5) is 0 Å². The first-order valence-electron chi connectivity index (χ1n) is 10.1. The Morgan fingerprint density at radius 2 is 1.61 bits per heavy atom. The molecule has 5 rings (SSSR count). The zero-order chi connectivity index (χ0) is 16.1. The molecule has 4 aliphatic carbocycles. The minimum atomic E-state index is -0.0595. The van der Waals surface area contributed by atoms with Crippen LogP contribution in [0.25, 0.3) is 0 Å². The van der Waals surface area contributed by atoms with Crippen molar-refractivity contribution in [1.82, 2.24) is 0 Å². The Bertz CT molecular complexity index is 542. The van der Waals surface area contributed by atoms with E-state index in [1.807, 2.05) is 0 Å². The second-order valence-corrected chi connectivity index (χ2v) is 10.2. The summed E-state index contributed by atoms with van der Waals surface area (Å²) in [4.78, 5) is 12.6. The predicted octanol–water partition coefficient (Wildman–Crippen LogP) is 4.53. The van der Waals surface area contributed by atoms with Gasteiger partial charge in [-0.2, -0.15) is 0 Å². The van der Waals surface area contributed by atoms with Crippen LogP contribution in [0.3, 0.4) is 0 Å². The van der Waals surface area contributed by atoms with E-state index in [9.17, 15) is 4.79 Å². The normalized spacial score (nSPS) is 52.2. The molecule has 0 amide bonds. The Morgan fingerprint density at radius 1 is 0.957 bits per heavy atom. The molecule has 5 fully saturated rings. The summed E-state index contributed by atoms with van der Waals surface area (Å²) in [6.07, 6.45) is 6.45. The lowest BCUT2D eigenvalue weighted by atomic mass is 9.50. The van der Waals surface area contributed by atoms with Gasteiger partial charge in [-0.05, 0) is 84.9 Å². The monoisotopic (exact) mass is 316 g/mol. The number of carbonyl (C=O) groups excluding carboxylic acids is 1. The maximum absolute atomic E-state index is 12.6. The number of cyclic esters (lactones) is 1. The van der Waals surface area contributed by atoms with Gasteiger partial charge in [-0.3, -0.25) is 4.79 Å². The minimum Gasteiger partial charge on any atom is -0.465 e. The molecule has 0 aromatic heterocycles. The van der Waals surface area contributed by atoms with E-state index in [1.165, 1.54) is 19.3 Å². The van der Waals surface area contributed by atoms with Gasteiger partial charge in [0.25, 0.3) is 0 Å². The highest BCUT2D eigenvalue weighted by Gasteiger charge is 2.74. The highest BCUT2D eigenvalue weighted by atomic mass is 16.5. The lowest BCUT2D eigenvalue weighted by Gasteiger charge is -2.53. The maximum atomic E-state index is 12.6. The summed E-state index contributed by atoms with van der Waals surface area (Å²) in [6.45, 7) is 10.5. The number of carbonyl (C=O) groups is 1. The highest BCUT2D eigenvalue weighted by Crippen LogP contribution is 2.78. The Hall–Kier alpha value is -0.530. The summed E-state index contributed by atoms with van der Waals surface area (Å²) in [7, 11) is 0. The quantitative estimate of drug-likeness (QED) is 0.552. The molecule has 0 aromatic carbocycles. The summed E-state index contributed by atoms with van der Waals surface area (Å²) in [5.74, 6) is 6.82. The topological polar surface area (TPSA) is 26.3 Å². The average molecular weight is 316 g/mol. The van der Waals surface area contributed by atoms with Gasteiger partial charge in [-0.25, -0.2) is 0 Å². The molecule has 4 saturated carbocycles. The fourth-order valence-corrected chi connectivity index (χ4v) is 9.03. The van der Waals surface area contributed by atoms with Crippen molar-refractivity contribution >= 4 is 5.97 Å². The largest absolute Gasteiger partial charge is 0.465 e. The number of hydrogen-bond donors (Lipinski definition) is 0. The second kappa shape index (κ2) is 4.35. The third-order valence-corrected chi connectivity index (χ3v) is 9.56. The third kappa shape index (κ3) is 1.47. The molecular formula is C21H32O2. The van der Waals surface area contributed by atoms with Gasteiger partial charge in [0.2, 0.25) is 0 Å². The molecule has 5 aliphatic rings. The van der Waals surface area contributed by atoms with E-state index in [1.54, 1.807) is 0 Å². The molecule has 0 radical (unpaired) electrons. The van der Waals surface area contributed by atoms with Gasteiger partial charge < -0.3 is 4.74 Å². The van der Waals surface area contributed by atoms with Gasteiger partial charge in [0.05, 0.1) is 12.0 Å². The van der Waals surface area contributed by atoms with Crippen LogP contribution >= 0.6 is 0 Å². The molecule has 2 nitrogen and oxygen atoms in total. The smallest absolute Gasteiger partial charge is 0.312 e. The van der Waals surface area contributed by atoms with Crippen molar-refractivity contribution in [2.75, 3.05) is 6.61 Å². The first-order valence-corrected chi connectivity index (χ1v) is 10.1. The fraction of sp³-hybridized carbons (Fsp3) is 0.952. The number of hydrogen-bond acceptors (Lipinski definition) is 2. The van der Waals surface area contributed by atoms with Crippen molar-refractivity contribution < 1.29 is 9.53 Å². The zero-order valence-electron chi connectivity index (χ0n) is 15.2. The number of fused-ring (bicyclic) bond motifs is 10. The Balaban J connectivity index is 1.55. The summed E-state index contributed by atoms with van der Waals surface area (Å²) in [5.41, 5.74) is 0.468. The lowest BCUT2D eigenvalue weighted by Crippen LogP contribution is -2.50. The molecule has 1 spiro atoms. The lowest BCUT2D eigenvalue weighted by molar-refractivity contribution is -0.153. The molecule has 7 atom stereocenters. The van der Waals surface area contributed by atoms with E-state index in [4.69, 9.17) is 4.74 Å². The van der Waals surface area contributed by atoms with Crippen LogP contribution in [0.2, 0.25) is 0 Å². The van der Waals surface area contributed by atoms with Gasteiger partial charge in [-0.15, -0.1) is 0 Å². The first kappa shape index (κ1) is 14.8. The van der Waals surface area contributed by atoms with Crippen LogP contribution in [0.1, 0.15) is 59.8 Å². The number of ether oxygens (including phenoxy) is 1. The van der Waals surface area contributed by atoms with E-state index < -0.39 is 0 Å². The number of rotatable bonds is 2. The Kier molecular flexibility index (Phi) is 2.80. The van der Waals surface area contributed by atoms with Gasteiger partial charge in [0.15, 0.2) is 0 Å². The van der Waals surface area contributed by atoms with Crippen molar-refractivity contribution in [2.45, 2.75) is 59.8 Å². The van der Waals surface area contributed by atoms with Crippen molar-refractivity contribution in [1.29, 1.82) is 0 Å². The van der Waals surface area contributed by atoms with E-state index in [0.717, 1.165) is 54.3 Å². The van der Waals surface area contributed by atoms with Crippen LogP contribution in [0.5, 0.6) is 0 Å². The van der Waals surface area contributed by atoms with Gasteiger partial charge in [0, 0.05) is 0 Å². The predicted molar refractivity (Wildman–Crippen MR) is 89.5 cm³/mol. The Labute approximate surface area is 140 Å². The first-order chi connectivity index (χ1) is 10.9. The molecule has 0 aromatic rings. The molecule has 23 heavy (non-hydrogen) atoms. The van der Waals surface area contributed by atoms with Crippen LogP contribution in [-0.4, -0.2) is 12.6 Å². The van der Waals surface area contributed by atoms with Crippen molar-refractivity contribution in [3.63, 3.8) is 0 Å². The standard InChI is InChI=1S/C21H32O2/c1-11(2)21(12(3)4)10-14-8-16(21)18-15-7-13(17(14)18)9-20(15)5-6-23-19(20)22/h11-18H,5-10H2,1-4H3. The molecule has 0 N–H and O–H groups in total. The van der Waals surface area contributed by atoms with Crippen LogP contribution < -0.4 is 0 Å². The maximum Gasteiger partial charge on any atom is 0.312 e. The molecule has 128 valence electrons. The van der Waals surface area contributed by atoms with E-state index in [2.05, 4.69) is 27.7 Å². The van der Waals surface area contributed by atoms with Gasteiger partial charge in [-0.1, -0.05) is 27.7 Å². The van der Waals surface area contributed by atoms with Crippen LogP contribution in [-0.2, 0) is 9.53 Å². The molecule has 7 unspecified atom stereocenters. The van der Waals surface area contributed by atoms with Crippen molar-refractivity contribution in [2.24, 2.45) is 58.2 Å². The Morgan fingerprint density at radius 3 is 2.22 bits per heavy atom. The molecule has 4 bridgehead atoms. The van der Waals surface area contributed by atoms with E-state index in [0.29, 0.717) is 17.9 Å². The number of esters is 1. The van der Waals surface area contributed by atoms with E-state index >= 15 is 0 Å². The molecule has 1 saturated heterocycles. The molecule has 2 heteroatoms. The SMILES string of the molecule is CC(C)C1(C(C)C)CC2CC1C1C2C2CC1C1(CCOC1=O)C2. The van der Waals surface area contributed by atoms with Crippen molar-refractivity contribution in [3.05, 3.63) is 0 Å². The fourth-order valence-electron chi connectivity index (χ4n) is 9.03. The van der Waals surface area contributed by atoms with Crippen LogP contribution in [0, 0.1) is 58.2 Å². The molecule has 1 heterocycles. The summed E-state index contributed by atoms with van der Waals surface area (Å²) in [6, 6.07) is 0. The highest BCUT2D eigenvalue weighted by molar-refractivity contribution is 5.80. The summed E-state index contributed by atoms with van der Waals surface area (Å²) in [5, 5.41) is 0. The van der Waals surface area contributed by atoms with Crippen LogP contribution in [0.15, 0.2) is 0 Å². The zero-order valence-corrected chi connectivity index (χ0v) is 15.2. The second-order valence-electron chi connectivity index (χ2n) is 10.2. The van der Waals surface area contributed by atoms with Crippen molar-refractivity contribution in [3.8, 4) is 0 Å². The van der Waals surface area contributed by atoms with Gasteiger partial charge >= 0.3 is 5.97 Å². The van der Waals surface area contributed by atoms with E-state index in [-0.39, 0.29) is 11.4 Å². The third-order valence-electron chi connectivity index (χ3n) is 9.56. The van der Waals surface area contributed by atoms with Gasteiger partial charge in [0.1, 0.15) is 0 Å². The summed E-state index contributed by atoms with van der Waals surface area (Å²) < 4.78 is 5.48. The molecule has 1 aliphatic heterocycles. The average Bonchev–Trinajstić information content (AvgIpc) is 3.25. The summed E-state index contributed by atoms with van der Waals surface area (Å²) >= 11 is 0.